The molecule has 2 aliphatic carbocycles. The first kappa shape index (κ1) is 11.5. The Balaban J connectivity index is 1.80. The molecule has 0 spiro atoms. The number of halogens is 1. The molecule has 0 N–H and O–H groups in total. The Bertz CT molecular complexity index is 421. The number of carbonyl (C=O) groups is 1. The summed E-state index contributed by atoms with van der Waals surface area (Å²) in [5.41, 5.74) is 0. The molecule has 3 rings (SSSR count). The Morgan fingerprint density at radius 2 is 1.82 bits per heavy atom. The van der Waals surface area contributed by atoms with Crippen LogP contribution < -0.4 is 0 Å². The van der Waals surface area contributed by atoms with Gasteiger partial charge in [-0.15, -0.1) is 11.3 Å². The molecule has 1 heterocycles. The molecule has 2 nitrogen and oxygen atoms in total. The molecule has 0 atom stereocenters. The zero-order valence-corrected chi connectivity index (χ0v) is 11.3. The van der Waals surface area contributed by atoms with Crippen LogP contribution in [0.15, 0.2) is 12.1 Å². The summed E-state index contributed by atoms with van der Waals surface area (Å²) in [7, 11) is 0. The Morgan fingerprint density at radius 3 is 2.35 bits per heavy atom. The largest absolute Gasteiger partial charge is 0.332 e. The van der Waals surface area contributed by atoms with Gasteiger partial charge in [0.25, 0.3) is 5.91 Å². The quantitative estimate of drug-likeness (QED) is 0.814. The summed E-state index contributed by atoms with van der Waals surface area (Å²) in [6.45, 7) is 0. The molecule has 1 amide bonds. The van der Waals surface area contributed by atoms with Crippen molar-refractivity contribution < 1.29 is 4.79 Å². The molecule has 4 heteroatoms. The fraction of sp³-hybridized carbons (Fsp3) is 0.615. The zero-order valence-electron chi connectivity index (χ0n) is 9.69. The van der Waals surface area contributed by atoms with Crippen LogP contribution in [0.3, 0.4) is 0 Å². The first-order valence-electron chi connectivity index (χ1n) is 6.34. The average Bonchev–Trinajstić information content (AvgIpc) is 2.82. The molecule has 2 aliphatic rings. The first-order chi connectivity index (χ1) is 8.25. The normalized spacial score (nSPS) is 20.8. The van der Waals surface area contributed by atoms with Gasteiger partial charge in [-0.05, 0) is 37.8 Å². The molecule has 92 valence electrons. The smallest absolute Gasteiger partial charge is 0.264 e. The van der Waals surface area contributed by atoms with Crippen molar-refractivity contribution in [3.8, 4) is 0 Å². The van der Waals surface area contributed by atoms with E-state index in [2.05, 4.69) is 4.90 Å². The first-order valence-corrected chi connectivity index (χ1v) is 7.53. The van der Waals surface area contributed by atoms with Crippen molar-refractivity contribution in [3.63, 3.8) is 0 Å². The predicted molar refractivity (Wildman–Crippen MR) is 70.8 cm³/mol. The minimum absolute atomic E-state index is 0.205. The second-order valence-corrected chi connectivity index (χ2v) is 6.70. The van der Waals surface area contributed by atoms with E-state index in [0.29, 0.717) is 16.4 Å². The lowest BCUT2D eigenvalue weighted by Gasteiger charge is -2.28. The maximum Gasteiger partial charge on any atom is 0.264 e. The van der Waals surface area contributed by atoms with Crippen molar-refractivity contribution in [3.05, 3.63) is 21.3 Å². The number of hydrogen-bond donors (Lipinski definition) is 0. The van der Waals surface area contributed by atoms with Crippen LogP contribution in [0.25, 0.3) is 0 Å². The van der Waals surface area contributed by atoms with Crippen LogP contribution >= 0.6 is 22.9 Å². The number of nitrogens with zero attached hydrogens (tertiary/aromatic N) is 1. The van der Waals surface area contributed by atoms with Crippen molar-refractivity contribution in [1.29, 1.82) is 0 Å². The average molecular weight is 270 g/mol. The highest BCUT2D eigenvalue weighted by atomic mass is 35.5. The number of amides is 1. The third-order valence-electron chi connectivity index (χ3n) is 3.68. The molecule has 2 saturated carbocycles. The van der Waals surface area contributed by atoms with Crippen LogP contribution in [0.1, 0.15) is 48.2 Å². The van der Waals surface area contributed by atoms with E-state index in [-0.39, 0.29) is 5.91 Å². The van der Waals surface area contributed by atoms with Gasteiger partial charge in [-0.3, -0.25) is 4.79 Å². The Morgan fingerprint density at radius 1 is 1.18 bits per heavy atom. The molecule has 0 aliphatic heterocycles. The molecule has 0 aromatic carbocycles. The topological polar surface area (TPSA) is 20.3 Å². The SMILES string of the molecule is O=C(c1ccc(Cl)s1)N(C1CCCC1)C1CC1. The van der Waals surface area contributed by atoms with E-state index in [1.165, 1.54) is 49.9 Å². The maximum atomic E-state index is 12.5. The predicted octanol–water partition coefficient (Wildman–Crippen LogP) is 3.95. The van der Waals surface area contributed by atoms with E-state index in [4.69, 9.17) is 11.6 Å². The van der Waals surface area contributed by atoms with Crippen LogP contribution in [0.4, 0.5) is 0 Å². The molecular formula is C13H16ClNOS. The van der Waals surface area contributed by atoms with Crippen LogP contribution in [0.2, 0.25) is 4.34 Å². The second-order valence-electron chi connectivity index (χ2n) is 4.99. The van der Waals surface area contributed by atoms with E-state index in [0.717, 1.165) is 4.88 Å². The second kappa shape index (κ2) is 4.62. The van der Waals surface area contributed by atoms with E-state index in [1.807, 2.05) is 12.1 Å². The lowest BCUT2D eigenvalue weighted by Crippen LogP contribution is -2.40. The van der Waals surface area contributed by atoms with Gasteiger partial charge in [-0.25, -0.2) is 0 Å². The van der Waals surface area contributed by atoms with Crippen molar-refractivity contribution in [2.45, 2.75) is 50.6 Å². The summed E-state index contributed by atoms with van der Waals surface area (Å²) in [4.78, 5) is 15.5. The molecular weight excluding hydrogens is 254 g/mol. The molecule has 0 saturated heterocycles. The summed E-state index contributed by atoms with van der Waals surface area (Å²) in [6.07, 6.45) is 7.27. The van der Waals surface area contributed by atoms with E-state index < -0.39 is 0 Å². The van der Waals surface area contributed by atoms with Crippen LogP contribution in [-0.2, 0) is 0 Å². The maximum absolute atomic E-state index is 12.5. The Kier molecular flexibility index (Phi) is 3.14. The molecule has 2 fully saturated rings. The van der Waals surface area contributed by atoms with Gasteiger partial charge < -0.3 is 4.90 Å². The van der Waals surface area contributed by atoms with E-state index >= 15 is 0 Å². The molecule has 17 heavy (non-hydrogen) atoms. The number of thiophene rings is 1. The molecule has 1 aromatic rings. The van der Waals surface area contributed by atoms with Crippen molar-refractivity contribution in [2.24, 2.45) is 0 Å². The van der Waals surface area contributed by atoms with Crippen molar-refractivity contribution >= 4 is 28.8 Å². The zero-order chi connectivity index (χ0) is 11.8. The van der Waals surface area contributed by atoms with E-state index in [1.54, 1.807) is 0 Å². The fourth-order valence-corrected chi connectivity index (χ4v) is 3.71. The summed E-state index contributed by atoms with van der Waals surface area (Å²) in [5.74, 6) is 0.205. The highest BCUT2D eigenvalue weighted by Gasteiger charge is 2.38. The van der Waals surface area contributed by atoms with Gasteiger partial charge in [0.1, 0.15) is 0 Å². The molecule has 0 radical (unpaired) electrons. The van der Waals surface area contributed by atoms with Gasteiger partial charge in [-0.1, -0.05) is 24.4 Å². The van der Waals surface area contributed by atoms with Gasteiger partial charge in [0.2, 0.25) is 0 Å². The molecule has 0 unspecified atom stereocenters. The fourth-order valence-electron chi connectivity index (χ4n) is 2.72. The summed E-state index contributed by atoms with van der Waals surface area (Å²) >= 11 is 7.31. The monoisotopic (exact) mass is 269 g/mol. The Labute approximate surface area is 111 Å². The lowest BCUT2D eigenvalue weighted by molar-refractivity contribution is 0.0669. The van der Waals surface area contributed by atoms with Gasteiger partial charge in [0.05, 0.1) is 9.21 Å². The minimum Gasteiger partial charge on any atom is -0.332 e. The number of carbonyl (C=O) groups excluding carboxylic acids is 1. The van der Waals surface area contributed by atoms with Crippen LogP contribution in [0, 0.1) is 0 Å². The third-order valence-corrected chi connectivity index (χ3v) is 4.90. The summed E-state index contributed by atoms with van der Waals surface area (Å²) in [6, 6.07) is 4.67. The molecule has 0 bridgehead atoms. The van der Waals surface area contributed by atoms with Gasteiger partial charge in [0, 0.05) is 12.1 Å². The standard InChI is InChI=1S/C13H16ClNOS/c14-12-8-7-11(17-12)13(16)15(10-5-6-10)9-3-1-2-4-9/h7-10H,1-6H2. The van der Waals surface area contributed by atoms with Gasteiger partial charge in [-0.2, -0.15) is 0 Å². The van der Waals surface area contributed by atoms with Crippen LogP contribution in [-0.4, -0.2) is 22.9 Å². The van der Waals surface area contributed by atoms with E-state index in [9.17, 15) is 4.79 Å². The van der Waals surface area contributed by atoms with Gasteiger partial charge >= 0.3 is 0 Å². The lowest BCUT2D eigenvalue weighted by atomic mass is 10.2. The van der Waals surface area contributed by atoms with Crippen LogP contribution in [0.5, 0.6) is 0 Å². The van der Waals surface area contributed by atoms with Gasteiger partial charge in [0.15, 0.2) is 0 Å². The highest BCUT2D eigenvalue weighted by Crippen LogP contribution is 2.36. The summed E-state index contributed by atoms with van der Waals surface area (Å²) < 4.78 is 0.704. The molecule has 1 aromatic heterocycles. The highest BCUT2D eigenvalue weighted by molar-refractivity contribution is 7.17. The summed E-state index contributed by atoms with van der Waals surface area (Å²) in [5, 5.41) is 0. The number of rotatable bonds is 3. The number of hydrogen-bond acceptors (Lipinski definition) is 2. The van der Waals surface area contributed by atoms with Crippen molar-refractivity contribution in [2.75, 3.05) is 0 Å². The minimum atomic E-state index is 0.205. The Hall–Kier alpha value is -0.540. The third kappa shape index (κ3) is 2.36. The van der Waals surface area contributed by atoms with Crippen molar-refractivity contribution in [1.82, 2.24) is 4.90 Å².